The van der Waals surface area contributed by atoms with Gasteiger partial charge in [-0.1, -0.05) is 56.5 Å². The summed E-state index contributed by atoms with van der Waals surface area (Å²) in [7, 11) is 0. The van der Waals surface area contributed by atoms with Crippen LogP contribution >= 0.6 is 0 Å². The first-order valence-electron chi connectivity index (χ1n) is 8.21. The second-order valence-electron chi connectivity index (χ2n) is 6.08. The van der Waals surface area contributed by atoms with Gasteiger partial charge < -0.3 is 14.6 Å². The van der Waals surface area contributed by atoms with E-state index in [0.29, 0.717) is 12.5 Å². The van der Waals surface area contributed by atoms with Crippen LogP contribution in [0.25, 0.3) is 0 Å². The molecule has 1 aromatic rings. The molecule has 0 aromatic heterocycles. The van der Waals surface area contributed by atoms with Crippen LogP contribution in [-0.4, -0.2) is 24.1 Å². The van der Waals surface area contributed by atoms with E-state index < -0.39 is 6.29 Å². The van der Waals surface area contributed by atoms with Crippen molar-refractivity contribution in [2.24, 2.45) is 5.92 Å². The van der Waals surface area contributed by atoms with Gasteiger partial charge in [0.1, 0.15) is 0 Å². The maximum absolute atomic E-state index is 9.43. The summed E-state index contributed by atoms with van der Waals surface area (Å²) in [6, 6.07) is 10.3. The molecule has 21 heavy (non-hydrogen) atoms. The lowest BCUT2D eigenvalue weighted by atomic mass is 9.98. The molecule has 1 aromatic carbocycles. The number of rotatable bonds is 9. The van der Waals surface area contributed by atoms with Gasteiger partial charge in [0, 0.05) is 13.0 Å². The van der Waals surface area contributed by atoms with Crippen LogP contribution in [-0.2, 0) is 16.1 Å². The van der Waals surface area contributed by atoms with Gasteiger partial charge in [-0.25, -0.2) is 0 Å². The average molecular weight is 292 g/mol. The van der Waals surface area contributed by atoms with Crippen LogP contribution in [0.4, 0.5) is 0 Å². The van der Waals surface area contributed by atoms with E-state index in [4.69, 9.17) is 9.47 Å². The molecule has 0 radical (unpaired) electrons. The average Bonchev–Trinajstić information content (AvgIpc) is 2.81. The predicted molar refractivity (Wildman–Crippen MR) is 83.8 cm³/mol. The van der Waals surface area contributed by atoms with Crippen molar-refractivity contribution < 1.29 is 14.6 Å². The van der Waals surface area contributed by atoms with Crippen LogP contribution in [0.2, 0.25) is 0 Å². The van der Waals surface area contributed by atoms with Crippen LogP contribution < -0.4 is 0 Å². The summed E-state index contributed by atoms with van der Waals surface area (Å²) >= 11 is 0. The summed E-state index contributed by atoms with van der Waals surface area (Å²) in [4.78, 5) is 0. The number of hydrogen-bond acceptors (Lipinski definition) is 3. The lowest BCUT2D eigenvalue weighted by Crippen LogP contribution is -2.13. The first-order valence-corrected chi connectivity index (χ1v) is 8.21. The highest BCUT2D eigenvalue weighted by Gasteiger charge is 2.29. The number of ether oxygens (including phenoxy) is 2. The van der Waals surface area contributed by atoms with Gasteiger partial charge in [0.25, 0.3) is 0 Å². The van der Waals surface area contributed by atoms with E-state index in [9.17, 15) is 5.11 Å². The van der Waals surface area contributed by atoms with Gasteiger partial charge in [-0.05, 0) is 24.3 Å². The van der Waals surface area contributed by atoms with Crippen molar-refractivity contribution in [3.8, 4) is 0 Å². The van der Waals surface area contributed by atoms with Crippen molar-refractivity contribution in [3.05, 3.63) is 35.9 Å². The molecule has 1 N–H and O–H groups in total. The van der Waals surface area contributed by atoms with Crippen molar-refractivity contribution >= 4 is 0 Å². The fourth-order valence-corrected chi connectivity index (χ4v) is 2.88. The number of unbranched alkanes of at least 4 members (excludes halogenated alkanes) is 3. The highest BCUT2D eigenvalue weighted by Crippen LogP contribution is 2.28. The summed E-state index contributed by atoms with van der Waals surface area (Å²) in [5.74, 6) is 0.495. The number of aliphatic hydroxyl groups excluding tert-OH is 1. The molecule has 0 aliphatic carbocycles. The first-order chi connectivity index (χ1) is 10.3. The van der Waals surface area contributed by atoms with Crippen molar-refractivity contribution in [1.29, 1.82) is 0 Å². The Hall–Kier alpha value is -0.900. The molecule has 1 heterocycles. The van der Waals surface area contributed by atoms with Crippen LogP contribution in [0.1, 0.15) is 51.0 Å². The zero-order chi connectivity index (χ0) is 14.9. The van der Waals surface area contributed by atoms with Crippen molar-refractivity contribution in [2.75, 3.05) is 6.61 Å². The van der Waals surface area contributed by atoms with E-state index >= 15 is 0 Å². The fraction of sp³-hybridized carbons (Fsp3) is 0.667. The summed E-state index contributed by atoms with van der Waals surface area (Å²) in [6.45, 7) is 3.72. The third-order valence-corrected chi connectivity index (χ3v) is 4.18. The molecular weight excluding hydrogens is 264 g/mol. The molecule has 1 aliphatic rings. The molecule has 3 nitrogen and oxygen atoms in total. The van der Waals surface area contributed by atoms with Crippen molar-refractivity contribution in [3.63, 3.8) is 0 Å². The largest absolute Gasteiger partial charge is 0.377 e. The molecule has 0 spiro atoms. The molecular formula is C18H28O3. The van der Waals surface area contributed by atoms with Gasteiger partial charge in [0.2, 0.25) is 0 Å². The molecule has 1 unspecified atom stereocenters. The minimum Gasteiger partial charge on any atom is -0.377 e. The van der Waals surface area contributed by atoms with Crippen molar-refractivity contribution in [2.45, 2.75) is 64.4 Å². The maximum atomic E-state index is 9.43. The Labute approximate surface area is 128 Å². The van der Waals surface area contributed by atoms with E-state index in [2.05, 4.69) is 19.1 Å². The smallest absolute Gasteiger partial charge is 0.155 e. The van der Waals surface area contributed by atoms with Gasteiger partial charge in [-0.15, -0.1) is 0 Å². The number of hydrogen-bond donors (Lipinski definition) is 1. The molecule has 118 valence electrons. The molecule has 1 fully saturated rings. The standard InChI is InChI=1S/C18H28O3/c1-15-13-18(19)21-17(15)11-7-2-3-8-12-20-14-16-9-5-4-6-10-16/h4-6,9-10,15,17-19H,2-3,7-8,11-14H2,1H3/t15-,17-,18?/m0/s1. The van der Waals surface area contributed by atoms with Gasteiger partial charge in [-0.2, -0.15) is 0 Å². The normalized spacial score (nSPS) is 25.3. The fourth-order valence-electron chi connectivity index (χ4n) is 2.88. The molecule has 3 heteroatoms. The van der Waals surface area contributed by atoms with Crippen molar-refractivity contribution in [1.82, 2.24) is 0 Å². The zero-order valence-electron chi connectivity index (χ0n) is 13.0. The lowest BCUT2D eigenvalue weighted by molar-refractivity contribution is -0.0938. The van der Waals surface area contributed by atoms with E-state index in [0.717, 1.165) is 25.9 Å². The minimum absolute atomic E-state index is 0.259. The van der Waals surface area contributed by atoms with E-state index in [1.165, 1.54) is 24.8 Å². The summed E-state index contributed by atoms with van der Waals surface area (Å²) in [5, 5.41) is 9.43. The molecule has 0 amide bonds. The second kappa shape index (κ2) is 9.19. The Morgan fingerprint density at radius 2 is 1.90 bits per heavy atom. The van der Waals surface area contributed by atoms with E-state index in [1.807, 2.05) is 18.2 Å². The monoisotopic (exact) mass is 292 g/mol. The molecule has 0 saturated carbocycles. The zero-order valence-corrected chi connectivity index (χ0v) is 13.0. The Balaban J connectivity index is 1.42. The van der Waals surface area contributed by atoms with E-state index in [1.54, 1.807) is 0 Å². The number of benzene rings is 1. The van der Waals surface area contributed by atoms with Crippen LogP contribution in [0.3, 0.4) is 0 Å². The SMILES string of the molecule is C[C@H]1CC(O)O[C@H]1CCCCCCOCc1ccccc1. The van der Waals surface area contributed by atoms with Crippen LogP contribution in [0.5, 0.6) is 0 Å². The topological polar surface area (TPSA) is 38.7 Å². The molecule has 3 atom stereocenters. The van der Waals surface area contributed by atoms with Gasteiger partial charge >= 0.3 is 0 Å². The van der Waals surface area contributed by atoms with Crippen LogP contribution in [0, 0.1) is 5.92 Å². The van der Waals surface area contributed by atoms with Gasteiger partial charge in [0.05, 0.1) is 12.7 Å². The molecule has 0 bridgehead atoms. The minimum atomic E-state index is -0.531. The third kappa shape index (κ3) is 6.16. The van der Waals surface area contributed by atoms with Gasteiger partial charge in [-0.3, -0.25) is 0 Å². The maximum Gasteiger partial charge on any atom is 0.155 e. The quantitative estimate of drug-likeness (QED) is 0.702. The summed E-state index contributed by atoms with van der Waals surface area (Å²) in [6.07, 6.45) is 6.32. The number of aliphatic hydroxyl groups is 1. The Morgan fingerprint density at radius 1 is 1.14 bits per heavy atom. The predicted octanol–water partition coefficient (Wildman–Crippen LogP) is 3.90. The Bertz CT molecular complexity index is 379. The summed E-state index contributed by atoms with van der Waals surface area (Å²) in [5.41, 5.74) is 1.24. The second-order valence-corrected chi connectivity index (χ2v) is 6.08. The van der Waals surface area contributed by atoms with Crippen LogP contribution in [0.15, 0.2) is 30.3 Å². The third-order valence-electron chi connectivity index (χ3n) is 4.18. The first kappa shape index (κ1) is 16.5. The highest BCUT2D eigenvalue weighted by atomic mass is 16.6. The highest BCUT2D eigenvalue weighted by molar-refractivity contribution is 5.13. The summed E-state index contributed by atoms with van der Waals surface area (Å²) < 4.78 is 11.2. The molecule has 1 saturated heterocycles. The Kier molecular flexibility index (Phi) is 7.20. The lowest BCUT2D eigenvalue weighted by Gasteiger charge is -2.13. The van der Waals surface area contributed by atoms with Gasteiger partial charge in [0.15, 0.2) is 6.29 Å². The molecule has 1 aliphatic heterocycles. The molecule has 2 rings (SSSR count). The Morgan fingerprint density at radius 3 is 2.62 bits per heavy atom. The van der Waals surface area contributed by atoms with E-state index in [-0.39, 0.29) is 6.10 Å².